The third-order valence-electron chi connectivity index (χ3n) is 14.0. The van der Waals surface area contributed by atoms with Gasteiger partial charge in [-0.3, -0.25) is 14.4 Å². The van der Waals surface area contributed by atoms with Gasteiger partial charge in [0.2, 0.25) is 0 Å². The third kappa shape index (κ3) is 55.2. The predicted molar refractivity (Wildman–Crippen MR) is 289 cm³/mol. The summed E-state index contributed by atoms with van der Waals surface area (Å²) in [5.74, 6) is 0.865. The highest BCUT2D eigenvalue weighted by Gasteiger charge is 2.19. The molecule has 0 spiro atoms. The Morgan fingerprint density at radius 2 is 0.493 bits per heavy atom. The quantitative estimate of drug-likeness (QED) is 0.0343. The molecule has 67 heavy (non-hydrogen) atoms. The van der Waals surface area contributed by atoms with Gasteiger partial charge in [0, 0.05) is 19.3 Å². The van der Waals surface area contributed by atoms with E-state index in [-0.39, 0.29) is 31.1 Å². The van der Waals surface area contributed by atoms with Gasteiger partial charge >= 0.3 is 17.9 Å². The van der Waals surface area contributed by atoms with Crippen LogP contribution in [0, 0.1) is 11.8 Å². The summed E-state index contributed by atoms with van der Waals surface area (Å²) >= 11 is 0. The summed E-state index contributed by atoms with van der Waals surface area (Å²) < 4.78 is 16.9. The van der Waals surface area contributed by atoms with Crippen molar-refractivity contribution in [2.45, 2.75) is 349 Å². The zero-order valence-electron chi connectivity index (χ0n) is 46.0. The number of hydrogen-bond acceptors (Lipinski definition) is 6. The lowest BCUT2D eigenvalue weighted by Crippen LogP contribution is -2.30. The van der Waals surface area contributed by atoms with Crippen LogP contribution in [0.15, 0.2) is 0 Å². The average molecular weight is 948 g/mol. The van der Waals surface area contributed by atoms with Crippen molar-refractivity contribution in [3.05, 3.63) is 0 Å². The zero-order valence-corrected chi connectivity index (χ0v) is 46.0. The minimum Gasteiger partial charge on any atom is -0.462 e. The van der Waals surface area contributed by atoms with Gasteiger partial charge in [-0.05, 0) is 31.1 Å². The van der Waals surface area contributed by atoms with Gasteiger partial charge in [-0.2, -0.15) is 0 Å². The van der Waals surface area contributed by atoms with E-state index in [1.54, 1.807) is 0 Å². The van der Waals surface area contributed by atoms with Crippen LogP contribution in [0.5, 0.6) is 0 Å². The van der Waals surface area contributed by atoms with Crippen molar-refractivity contribution in [3.8, 4) is 0 Å². The number of carbonyl (C=O) groups excluding carboxylic acids is 3. The Labute approximate surface area is 418 Å². The van der Waals surface area contributed by atoms with Crippen LogP contribution in [-0.2, 0) is 28.6 Å². The molecule has 0 radical (unpaired) electrons. The van der Waals surface area contributed by atoms with E-state index in [9.17, 15) is 14.4 Å². The summed E-state index contributed by atoms with van der Waals surface area (Å²) in [6, 6.07) is 0. The largest absolute Gasteiger partial charge is 0.462 e. The monoisotopic (exact) mass is 947 g/mol. The van der Waals surface area contributed by atoms with Crippen molar-refractivity contribution in [1.82, 2.24) is 0 Å². The number of esters is 3. The van der Waals surface area contributed by atoms with Crippen molar-refractivity contribution >= 4 is 17.9 Å². The van der Waals surface area contributed by atoms with E-state index in [1.807, 2.05) is 0 Å². The first-order valence-electron chi connectivity index (χ1n) is 30.2. The van der Waals surface area contributed by atoms with Gasteiger partial charge in [0.05, 0.1) is 0 Å². The summed E-state index contributed by atoms with van der Waals surface area (Å²) in [5, 5.41) is 0. The second kappa shape index (κ2) is 53.8. The Kier molecular flexibility index (Phi) is 52.5. The fourth-order valence-electron chi connectivity index (χ4n) is 9.40. The maximum Gasteiger partial charge on any atom is 0.306 e. The van der Waals surface area contributed by atoms with Gasteiger partial charge in [-0.1, -0.05) is 304 Å². The number of carbonyl (C=O) groups is 3. The minimum absolute atomic E-state index is 0.0622. The molecule has 0 bridgehead atoms. The van der Waals surface area contributed by atoms with Crippen molar-refractivity contribution in [2.24, 2.45) is 11.8 Å². The van der Waals surface area contributed by atoms with Gasteiger partial charge in [0.15, 0.2) is 6.10 Å². The molecule has 0 unspecified atom stereocenters. The Balaban J connectivity index is 4.26. The normalized spacial score (nSPS) is 12.0. The highest BCUT2D eigenvalue weighted by Crippen LogP contribution is 2.19. The van der Waals surface area contributed by atoms with Crippen LogP contribution < -0.4 is 0 Å². The van der Waals surface area contributed by atoms with E-state index in [0.717, 1.165) is 69.6 Å². The highest BCUT2D eigenvalue weighted by molar-refractivity contribution is 5.71. The average Bonchev–Trinajstić information content (AvgIpc) is 3.30. The second-order valence-electron chi connectivity index (χ2n) is 21.9. The Bertz CT molecular complexity index is 1020. The van der Waals surface area contributed by atoms with E-state index in [2.05, 4.69) is 34.6 Å². The van der Waals surface area contributed by atoms with Crippen molar-refractivity contribution in [2.75, 3.05) is 13.2 Å². The summed E-state index contributed by atoms with van der Waals surface area (Å²) in [6.07, 6.45) is 58.1. The van der Waals surface area contributed by atoms with E-state index in [1.165, 1.54) is 231 Å². The highest BCUT2D eigenvalue weighted by atomic mass is 16.6. The summed E-state index contributed by atoms with van der Waals surface area (Å²) in [5.41, 5.74) is 0. The second-order valence-corrected chi connectivity index (χ2v) is 21.9. The van der Waals surface area contributed by atoms with Crippen LogP contribution in [0.3, 0.4) is 0 Å². The van der Waals surface area contributed by atoms with E-state index < -0.39 is 6.10 Å². The first-order valence-corrected chi connectivity index (χ1v) is 30.2. The van der Waals surface area contributed by atoms with Gasteiger partial charge in [0.25, 0.3) is 0 Å². The van der Waals surface area contributed by atoms with E-state index in [4.69, 9.17) is 14.2 Å². The van der Waals surface area contributed by atoms with Crippen molar-refractivity contribution < 1.29 is 28.6 Å². The van der Waals surface area contributed by atoms with Crippen LogP contribution in [0.1, 0.15) is 343 Å². The molecule has 0 aromatic heterocycles. The molecular formula is C61H118O6. The van der Waals surface area contributed by atoms with E-state index >= 15 is 0 Å². The molecule has 0 aliphatic carbocycles. The maximum absolute atomic E-state index is 12.9. The molecule has 0 saturated heterocycles. The summed E-state index contributed by atoms with van der Waals surface area (Å²) in [7, 11) is 0. The van der Waals surface area contributed by atoms with Gasteiger partial charge < -0.3 is 14.2 Å². The first kappa shape index (κ1) is 65.4. The lowest BCUT2D eigenvalue weighted by Gasteiger charge is -2.18. The molecule has 0 amide bonds. The Morgan fingerprint density at radius 3 is 0.731 bits per heavy atom. The molecule has 1 atom stereocenters. The zero-order chi connectivity index (χ0) is 48.9. The molecule has 398 valence electrons. The first-order chi connectivity index (χ1) is 32.7. The summed E-state index contributed by atoms with van der Waals surface area (Å²) in [6.45, 7) is 11.4. The van der Waals surface area contributed by atoms with Crippen LogP contribution in [0.25, 0.3) is 0 Å². The standard InChI is InChI=1S/C61H118O6/c1-6-7-8-9-10-11-12-26-31-36-41-46-51-59(62)65-54-58(67-61(64)53-48-43-38-33-28-23-19-15-17-21-25-30-35-40-45-50-57(4)5)55-66-60(63)52-47-42-37-32-27-22-18-14-13-16-20-24-29-34-39-44-49-56(2)3/h56-58H,6-55H2,1-5H3/t58-/m1/s1. The smallest absolute Gasteiger partial charge is 0.306 e. The van der Waals surface area contributed by atoms with Crippen LogP contribution in [-0.4, -0.2) is 37.2 Å². The Hall–Kier alpha value is -1.59. The fourth-order valence-corrected chi connectivity index (χ4v) is 9.40. The van der Waals surface area contributed by atoms with Crippen molar-refractivity contribution in [1.29, 1.82) is 0 Å². The number of rotatable bonds is 55. The fraction of sp³-hybridized carbons (Fsp3) is 0.951. The Morgan fingerprint density at radius 1 is 0.284 bits per heavy atom. The predicted octanol–water partition coefficient (Wildman–Crippen LogP) is 20.0. The van der Waals surface area contributed by atoms with Crippen LogP contribution in [0.4, 0.5) is 0 Å². The molecule has 0 N–H and O–H groups in total. The molecule has 0 aromatic rings. The molecule has 0 rings (SSSR count). The van der Waals surface area contributed by atoms with Crippen molar-refractivity contribution in [3.63, 3.8) is 0 Å². The molecule has 0 aliphatic rings. The van der Waals surface area contributed by atoms with Crippen LogP contribution >= 0.6 is 0 Å². The van der Waals surface area contributed by atoms with E-state index in [0.29, 0.717) is 19.3 Å². The molecule has 0 aliphatic heterocycles. The molecule has 0 fully saturated rings. The lowest BCUT2D eigenvalue weighted by atomic mass is 10.0. The van der Waals surface area contributed by atoms with Gasteiger partial charge in [-0.15, -0.1) is 0 Å². The molecule has 6 nitrogen and oxygen atoms in total. The van der Waals surface area contributed by atoms with Gasteiger partial charge in [0.1, 0.15) is 13.2 Å². The van der Waals surface area contributed by atoms with Gasteiger partial charge in [-0.25, -0.2) is 0 Å². The maximum atomic E-state index is 12.9. The topological polar surface area (TPSA) is 78.9 Å². The molecule has 0 aromatic carbocycles. The molecule has 0 heterocycles. The lowest BCUT2D eigenvalue weighted by molar-refractivity contribution is -0.167. The number of hydrogen-bond donors (Lipinski definition) is 0. The minimum atomic E-state index is -0.763. The van der Waals surface area contributed by atoms with Crippen LogP contribution in [0.2, 0.25) is 0 Å². The molecule has 0 saturated carbocycles. The third-order valence-corrected chi connectivity index (χ3v) is 14.0. The number of ether oxygens (including phenoxy) is 3. The molecular weight excluding hydrogens is 829 g/mol. The number of unbranched alkanes of at least 4 members (excludes halogenated alkanes) is 40. The SMILES string of the molecule is CCCCCCCCCCCCCCC(=O)OC[C@H](COC(=O)CCCCCCCCCCCCCCCCCCC(C)C)OC(=O)CCCCCCCCCCCCCCCCCC(C)C. The molecule has 6 heteroatoms. The summed E-state index contributed by atoms with van der Waals surface area (Å²) in [4.78, 5) is 38.2.